The lowest BCUT2D eigenvalue weighted by molar-refractivity contribution is -0.145. The van der Waals surface area contributed by atoms with Gasteiger partial charge in [0.05, 0.1) is 14.2 Å². The summed E-state index contributed by atoms with van der Waals surface area (Å²) in [7, 11) is 3.27. The van der Waals surface area contributed by atoms with Crippen molar-refractivity contribution in [1.82, 2.24) is 24.7 Å². The molecule has 1 aromatic carbocycles. The molecule has 2 saturated heterocycles. The molecule has 3 amide bonds. The minimum absolute atomic E-state index is 0.0290. The summed E-state index contributed by atoms with van der Waals surface area (Å²) in [4.78, 5) is 48.3. The van der Waals surface area contributed by atoms with Crippen LogP contribution in [0.2, 0.25) is 0 Å². The first-order valence-electron chi connectivity index (χ1n) is 16.0. The molecule has 43 heavy (non-hydrogen) atoms. The molecular weight excluding hydrogens is 546 g/mol. The van der Waals surface area contributed by atoms with Crippen LogP contribution in [-0.2, 0) is 40.2 Å². The molecule has 0 radical (unpaired) electrons. The van der Waals surface area contributed by atoms with Crippen LogP contribution in [0.1, 0.15) is 68.8 Å². The molecule has 3 atom stereocenters. The highest BCUT2D eigenvalue weighted by Crippen LogP contribution is 2.37. The molecule has 1 N–H and O–H groups in total. The summed E-state index contributed by atoms with van der Waals surface area (Å²) >= 11 is 0. The number of aryl methyl sites for hydroxylation is 4. The molecule has 0 saturated carbocycles. The number of fused-ring (bicyclic) bond motifs is 6. The predicted molar refractivity (Wildman–Crippen MR) is 163 cm³/mol. The van der Waals surface area contributed by atoms with Crippen molar-refractivity contribution in [1.29, 1.82) is 0 Å². The Morgan fingerprint density at radius 2 is 1.91 bits per heavy atom. The summed E-state index contributed by atoms with van der Waals surface area (Å²) in [5, 5.41) is 3.07. The third-order valence-corrected chi connectivity index (χ3v) is 9.42. The van der Waals surface area contributed by atoms with Crippen LogP contribution >= 0.6 is 0 Å². The SMILES string of the molecule is CCc1nccn1CCC(=O)N1C[C@@H]2C[C@@H](C1)[C@@H]1CCCC(=O)NCCCc3cc(cc(OC)c3OC)CCC(=O)N1C2. The number of benzene rings is 1. The normalized spacial score (nSPS) is 23.4. The molecule has 1 aromatic heterocycles. The predicted octanol–water partition coefficient (Wildman–Crippen LogP) is 3.39. The minimum Gasteiger partial charge on any atom is -0.493 e. The van der Waals surface area contributed by atoms with Crippen molar-refractivity contribution in [3.05, 3.63) is 41.5 Å². The number of aromatic nitrogens is 2. The van der Waals surface area contributed by atoms with E-state index in [2.05, 4.69) is 32.8 Å². The van der Waals surface area contributed by atoms with Crippen molar-refractivity contribution in [2.24, 2.45) is 11.8 Å². The minimum atomic E-state index is 0.0290. The van der Waals surface area contributed by atoms with Crippen molar-refractivity contribution >= 4 is 17.7 Å². The number of rotatable bonds is 6. The first-order chi connectivity index (χ1) is 20.9. The van der Waals surface area contributed by atoms with Gasteiger partial charge in [-0.1, -0.05) is 13.0 Å². The number of imidazole rings is 1. The number of carbonyl (C=O) groups is 3. The van der Waals surface area contributed by atoms with Crippen LogP contribution in [0.4, 0.5) is 0 Å². The number of ether oxygens (including phenoxy) is 2. The van der Waals surface area contributed by atoms with Gasteiger partial charge in [-0.25, -0.2) is 4.98 Å². The zero-order valence-corrected chi connectivity index (χ0v) is 26.0. The lowest BCUT2D eigenvalue weighted by atomic mass is 9.77. The second-order valence-corrected chi connectivity index (χ2v) is 12.3. The van der Waals surface area contributed by atoms with Gasteiger partial charge in [0.25, 0.3) is 0 Å². The molecule has 2 fully saturated rings. The highest BCUT2D eigenvalue weighted by atomic mass is 16.5. The third-order valence-electron chi connectivity index (χ3n) is 9.42. The average Bonchev–Trinajstić information content (AvgIpc) is 3.48. The smallest absolute Gasteiger partial charge is 0.224 e. The topological polar surface area (TPSA) is 106 Å². The number of carbonyl (C=O) groups excluding carboxylic acids is 3. The fourth-order valence-corrected chi connectivity index (χ4v) is 7.34. The molecule has 4 bridgehead atoms. The number of hydrogen-bond donors (Lipinski definition) is 1. The van der Waals surface area contributed by atoms with Crippen LogP contribution in [0.25, 0.3) is 0 Å². The van der Waals surface area contributed by atoms with Crippen molar-refractivity contribution in [2.45, 2.75) is 83.7 Å². The number of nitrogens with zero attached hydrogens (tertiary/aromatic N) is 4. The molecule has 0 aliphatic carbocycles. The van der Waals surface area contributed by atoms with Gasteiger partial charge in [0.1, 0.15) is 5.82 Å². The third kappa shape index (κ3) is 7.33. The van der Waals surface area contributed by atoms with E-state index in [0.29, 0.717) is 69.9 Å². The van der Waals surface area contributed by atoms with Crippen LogP contribution in [0.3, 0.4) is 0 Å². The summed E-state index contributed by atoms with van der Waals surface area (Å²) in [6.07, 6.45) is 10.6. The maximum atomic E-state index is 13.8. The zero-order valence-electron chi connectivity index (χ0n) is 26.0. The van der Waals surface area contributed by atoms with E-state index in [-0.39, 0.29) is 35.6 Å². The van der Waals surface area contributed by atoms with E-state index in [4.69, 9.17) is 9.47 Å². The summed E-state index contributed by atoms with van der Waals surface area (Å²) in [6, 6.07) is 4.11. The maximum absolute atomic E-state index is 13.8. The number of piperidine rings is 2. The number of methoxy groups -OCH3 is 2. The van der Waals surface area contributed by atoms with Crippen molar-refractivity contribution in [3.8, 4) is 11.5 Å². The van der Waals surface area contributed by atoms with E-state index in [9.17, 15) is 14.4 Å². The van der Waals surface area contributed by atoms with E-state index in [1.807, 2.05) is 17.2 Å². The Labute approximate surface area is 255 Å². The van der Waals surface area contributed by atoms with Crippen molar-refractivity contribution in [2.75, 3.05) is 40.4 Å². The number of amides is 3. The van der Waals surface area contributed by atoms with Gasteiger partial charge in [-0.2, -0.15) is 0 Å². The van der Waals surface area contributed by atoms with Gasteiger partial charge in [0.15, 0.2) is 11.5 Å². The molecule has 0 unspecified atom stereocenters. The molecule has 234 valence electrons. The Morgan fingerprint density at radius 3 is 2.70 bits per heavy atom. The molecular formula is C33H47N5O5. The zero-order chi connectivity index (χ0) is 30.3. The molecule has 10 heteroatoms. The quantitative estimate of drug-likeness (QED) is 0.551. The van der Waals surface area contributed by atoms with Gasteiger partial charge >= 0.3 is 0 Å². The van der Waals surface area contributed by atoms with Gasteiger partial charge in [-0.3, -0.25) is 14.4 Å². The summed E-state index contributed by atoms with van der Waals surface area (Å²) in [5.74, 6) is 3.23. The molecule has 10 nitrogen and oxygen atoms in total. The van der Waals surface area contributed by atoms with Crippen LogP contribution in [0.5, 0.6) is 11.5 Å². The van der Waals surface area contributed by atoms with Crippen molar-refractivity contribution < 1.29 is 23.9 Å². The van der Waals surface area contributed by atoms with Gasteiger partial charge in [0.2, 0.25) is 17.7 Å². The Bertz CT molecular complexity index is 1290. The molecule has 0 spiro atoms. The molecule has 2 aromatic rings. The van der Waals surface area contributed by atoms with E-state index in [0.717, 1.165) is 55.5 Å². The standard InChI is InChI=1S/C33H47N5O5/c1-4-29-34-14-16-36(29)15-12-31(40)37-20-24-18-26(22-37)27-8-5-9-30(39)35-13-6-7-25-17-23(10-11-32(41)38(27)21-24)19-28(42-2)33(25)43-3/h14,16-17,19,24,26-27H,4-13,15,18,20-22H2,1-3H3,(H,35,39)/t24-,26-,27-/m0/s1. The van der Waals surface area contributed by atoms with E-state index < -0.39 is 0 Å². The number of hydrogen-bond acceptors (Lipinski definition) is 6. The largest absolute Gasteiger partial charge is 0.493 e. The lowest BCUT2D eigenvalue weighted by Gasteiger charge is -2.51. The Hall–Kier alpha value is -3.56. The highest BCUT2D eigenvalue weighted by molar-refractivity contribution is 5.78. The summed E-state index contributed by atoms with van der Waals surface area (Å²) in [6.45, 7) is 5.33. The monoisotopic (exact) mass is 593 g/mol. The van der Waals surface area contributed by atoms with Gasteiger partial charge in [0, 0.05) is 76.8 Å². The van der Waals surface area contributed by atoms with Gasteiger partial charge < -0.3 is 29.2 Å². The first-order valence-corrected chi connectivity index (χ1v) is 16.0. The number of nitrogens with one attached hydrogen (secondary N) is 1. The van der Waals surface area contributed by atoms with E-state index >= 15 is 0 Å². The van der Waals surface area contributed by atoms with Gasteiger partial charge in [-0.05, 0) is 67.6 Å². The highest BCUT2D eigenvalue weighted by Gasteiger charge is 2.43. The first kappa shape index (κ1) is 30.9. The fourth-order valence-electron chi connectivity index (χ4n) is 7.34. The fraction of sp³-hybridized carbons (Fsp3) is 0.636. The van der Waals surface area contributed by atoms with Crippen molar-refractivity contribution in [3.63, 3.8) is 0 Å². The van der Waals surface area contributed by atoms with Crippen LogP contribution in [0.15, 0.2) is 24.5 Å². The van der Waals surface area contributed by atoms with E-state index in [1.165, 1.54) is 0 Å². The van der Waals surface area contributed by atoms with Crippen LogP contribution < -0.4 is 14.8 Å². The molecule has 3 aliphatic heterocycles. The Balaban J connectivity index is 1.31. The molecule has 4 heterocycles. The Morgan fingerprint density at radius 1 is 1.05 bits per heavy atom. The van der Waals surface area contributed by atoms with Crippen LogP contribution in [-0.4, -0.2) is 83.5 Å². The number of likely N-dealkylation sites (tertiary alicyclic amines) is 1. The molecule has 3 aliphatic rings. The molecule has 5 rings (SSSR count). The second-order valence-electron chi connectivity index (χ2n) is 12.3. The van der Waals surface area contributed by atoms with Gasteiger partial charge in [-0.15, -0.1) is 0 Å². The van der Waals surface area contributed by atoms with E-state index in [1.54, 1.807) is 20.4 Å². The Kier molecular flexibility index (Phi) is 10.3. The summed E-state index contributed by atoms with van der Waals surface area (Å²) < 4.78 is 13.4. The maximum Gasteiger partial charge on any atom is 0.224 e. The summed E-state index contributed by atoms with van der Waals surface area (Å²) in [5.41, 5.74) is 2.08. The lowest BCUT2D eigenvalue weighted by Crippen LogP contribution is -2.60. The van der Waals surface area contributed by atoms with Crippen LogP contribution in [0, 0.1) is 11.8 Å². The average molecular weight is 594 g/mol. The second kappa shape index (κ2) is 14.3.